The first-order valence-electron chi connectivity index (χ1n) is 7.79. The van der Waals surface area contributed by atoms with Gasteiger partial charge in [0.25, 0.3) is 0 Å². The van der Waals surface area contributed by atoms with Crippen molar-refractivity contribution in [3.63, 3.8) is 0 Å². The number of nitrogens with zero attached hydrogens (tertiary/aromatic N) is 5. The quantitative estimate of drug-likeness (QED) is 0.572. The standard InChI is InChI=1S/C17H12F3N7/c18-17(19,20)13-5-1-3-11(24-13)15-25-16(12-4-2-8-27(12)26-15)23-10-6-7-22-14(21)9-10/h1-9H,(H3,21,22,23,25,26). The molecule has 7 nitrogen and oxygen atoms in total. The highest BCUT2D eigenvalue weighted by atomic mass is 19.4. The van der Waals surface area contributed by atoms with Crippen LogP contribution in [0.1, 0.15) is 5.69 Å². The zero-order chi connectivity index (χ0) is 19.0. The molecular weight excluding hydrogens is 359 g/mol. The Morgan fingerprint density at radius 2 is 1.89 bits per heavy atom. The van der Waals surface area contributed by atoms with Crippen LogP contribution < -0.4 is 11.1 Å². The van der Waals surface area contributed by atoms with E-state index >= 15 is 0 Å². The van der Waals surface area contributed by atoms with Crippen molar-refractivity contribution < 1.29 is 13.2 Å². The predicted octanol–water partition coefficient (Wildman–Crippen LogP) is 3.53. The van der Waals surface area contributed by atoms with Gasteiger partial charge in [0.1, 0.15) is 22.7 Å². The minimum Gasteiger partial charge on any atom is -0.384 e. The minimum absolute atomic E-state index is 0.0118. The first-order chi connectivity index (χ1) is 12.9. The lowest BCUT2D eigenvalue weighted by molar-refractivity contribution is -0.141. The summed E-state index contributed by atoms with van der Waals surface area (Å²) in [6.07, 6.45) is -1.35. The summed E-state index contributed by atoms with van der Waals surface area (Å²) in [6, 6.07) is 10.4. The average Bonchev–Trinajstić information content (AvgIpc) is 3.10. The number of pyridine rings is 2. The number of rotatable bonds is 3. The summed E-state index contributed by atoms with van der Waals surface area (Å²) >= 11 is 0. The number of anilines is 3. The molecule has 0 saturated heterocycles. The average molecular weight is 371 g/mol. The molecule has 4 aromatic rings. The Labute approximate surface area is 150 Å². The van der Waals surface area contributed by atoms with Crippen LogP contribution in [0.3, 0.4) is 0 Å². The Morgan fingerprint density at radius 1 is 1.04 bits per heavy atom. The van der Waals surface area contributed by atoms with Crippen LogP contribution in [-0.4, -0.2) is 24.6 Å². The number of halogens is 3. The molecule has 4 rings (SSSR count). The maximum atomic E-state index is 13.0. The van der Waals surface area contributed by atoms with Crippen LogP contribution in [0.15, 0.2) is 54.9 Å². The largest absolute Gasteiger partial charge is 0.433 e. The summed E-state index contributed by atoms with van der Waals surface area (Å²) in [5.74, 6) is 0.768. The second kappa shape index (κ2) is 6.24. The van der Waals surface area contributed by atoms with Crippen LogP contribution in [0.4, 0.5) is 30.5 Å². The van der Waals surface area contributed by atoms with Gasteiger partial charge in [-0.05, 0) is 30.3 Å². The van der Waals surface area contributed by atoms with E-state index in [1.54, 1.807) is 30.5 Å². The molecule has 10 heteroatoms. The van der Waals surface area contributed by atoms with Gasteiger partial charge in [-0.25, -0.2) is 19.5 Å². The fourth-order valence-corrected chi connectivity index (χ4v) is 2.52. The maximum absolute atomic E-state index is 13.0. The molecular formula is C17H12F3N7. The fraction of sp³-hybridized carbons (Fsp3) is 0.0588. The minimum atomic E-state index is -4.55. The summed E-state index contributed by atoms with van der Waals surface area (Å²) in [5, 5.41) is 7.33. The number of aromatic nitrogens is 5. The van der Waals surface area contributed by atoms with Gasteiger partial charge in [-0.3, -0.25) is 0 Å². The van der Waals surface area contributed by atoms with E-state index in [1.807, 2.05) is 0 Å². The Balaban J connectivity index is 1.81. The lowest BCUT2D eigenvalue weighted by atomic mass is 10.3. The molecule has 0 atom stereocenters. The summed E-state index contributed by atoms with van der Waals surface area (Å²) in [7, 11) is 0. The van der Waals surface area contributed by atoms with Gasteiger partial charge in [0, 0.05) is 24.1 Å². The lowest BCUT2D eigenvalue weighted by Gasteiger charge is -2.11. The Kier molecular flexibility index (Phi) is 3.87. The number of nitrogens with two attached hydrogens (primary N) is 1. The van der Waals surface area contributed by atoms with E-state index < -0.39 is 11.9 Å². The first-order valence-corrected chi connectivity index (χ1v) is 7.79. The van der Waals surface area contributed by atoms with Gasteiger partial charge in [-0.1, -0.05) is 6.07 Å². The highest BCUT2D eigenvalue weighted by Crippen LogP contribution is 2.29. The van der Waals surface area contributed by atoms with Crippen LogP contribution >= 0.6 is 0 Å². The Bertz CT molecular complexity index is 1120. The van der Waals surface area contributed by atoms with E-state index in [4.69, 9.17) is 5.73 Å². The predicted molar refractivity (Wildman–Crippen MR) is 93.2 cm³/mol. The topological polar surface area (TPSA) is 94.0 Å². The van der Waals surface area contributed by atoms with Crippen LogP contribution in [0.25, 0.3) is 17.0 Å². The van der Waals surface area contributed by atoms with E-state index in [2.05, 4.69) is 25.4 Å². The molecule has 0 aromatic carbocycles. The Hall–Kier alpha value is -3.69. The van der Waals surface area contributed by atoms with Crippen LogP contribution in [0.2, 0.25) is 0 Å². The van der Waals surface area contributed by atoms with Crippen molar-refractivity contribution in [1.29, 1.82) is 0 Å². The van der Waals surface area contributed by atoms with Gasteiger partial charge in [0.2, 0.25) is 5.82 Å². The summed E-state index contributed by atoms with van der Waals surface area (Å²) < 4.78 is 40.4. The SMILES string of the molecule is Nc1cc(Nc2nc(-c3cccc(C(F)(F)F)n3)nn3cccc23)ccn1. The van der Waals surface area contributed by atoms with Crippen molar-refractivity contribution in [3.8, 4) is 11.5 Å². The number of nitrogens with one attached hydrogen (secondary N) is 1. The number of hydrogen-bond acceptors (Lipinski definition) is 6. The van der Waals surface area contributed by atoms with Gasteiger partial charge in [-0.15, -0.1) is 5.10 Å². The van der Waals surface area contributed by atoms with Crippen LogP contribution in [0, 0.1) is 0 Å². The molecule has 0 unspecified atom stereocenters. The van der Waals surface area contributed by atoms with E-state index in [9.17, 15) is 13.2 Å². The molecule has 0 saturated carbocycles. The third kappa shape index (κ3) is 3.36. The highest BCUT2D eigenvalue weighted by molar-refractivity contribution is 5.75. The second-order valence-corrected chi connectivity index (χ2v) is 5.62. The molecule has 0 bridgehead atoms. The van der Waals surface area contributed by atoms with Gasteiger partial charge in [-0.2, -0.15) is 13.2 Å². The monoisotopic (exact) mass is 371 g/mol. The Morgan fingerprint density at radius 3 is 2.67 bits per heavy atom. The van der Waals surface area contributed by atoms with Gasteiger partial charge >= 0.3 is 6.18 Å². The molecule has 0 aliphatic heterocycles. The van der Waals surface area contributed by atoms with Crippen molar-refractivity contribution in [2.24, 2.45) is 0 Å². The maximum Gasteiger partial charge on any atom is 0.433 e. The normalized spacial score (nSPS) is 11.7. The van der Waals surface area contributed by atoms with Crippen molar-refractivity contribution in [1.82, 2.24) is 24.6 Å². The summed E-state index contributed by atoms with van der Waals surface area (Å²) in [5.41, 5.74) is 5.95. The van der Waals surface area contributed by atoms with Crippen molar-refractivity contribution in [2.75, 3.05) is 11.1 Å². The first kappa shape index (κ1) is 16.8. The molecule has 0 radical (unpaired) electrons. The molecule has 0 aliphatic rings. The second-order valence-electron chi connectivity index (χ2n) is 5.62. The van der Waals surface area contributed by atoms with Crippen molar-refractivity contribution >= 4 is 22.8 Å². The third-order valence-electron chi connectivity index (χ3n) is 3.70. The molecule has 0 spiro atoms. The highest BCUT2D eigenvalue weighted by Gasteiger charge is 2.32. The number of fused-ring (bicyclic) bond motifs is 1. The lowest BCUT2D eigenvalue weighted by Crippen LogP contribution is -2.09. The van der Waals surface area contributed by atoms with Gasteiger partial charge in [0.05, 0.1) is 0 Å². The van der Waals surface area contributed by atoms with Crippen LogP contribution in [0.5, 0.6) is 0 Å². The molecule has 0 amide bonds. The molecule has 27 heavy (non-hydrogen) atoms. The molecule has 0 aliphatic carbocycles. The molecule has 136 valence electrons. The summed E-state index contributed by atoms with van der Waals surface area (Å²) in [6.45, 7) is 0. The van der Waals surface area contributed by atoms with E-state index in [1.165, 1.54) is 22.8 Å². The molecule has 4 heterocycles. The van der Waals surface area contributed by atoms with E-state index in [0.717, 1.165) is 6.07 Å². The number of nitrogen functional groups attached to an aromatic ring is 1. The van der Waals surface area contributed by atoms with E-state index in [0.29, 0.717) is 22.8 Å². The number of hydrogen-bond donors (Lipinski definition) is 2. The van der Waals surface area contributed by atoms with Crippen molar-refractivity contribution in [3.05, 3.63) is 60.6 Å². The van der Waals surface area contributed by atoms with Crippen molar-refractivity contribution in [2.45, 2.75) is 6.18 Å². The van der Waals surface area contributed by atoms with E-state index in [-0.39, 0.29) is 11.5 Å². The van der Waals surface area contributed by atoms with Crippen LogP contribution in [-0.2, 0) is 6.18 Å². The molecule has 4 aromatic heterocycles. The zero-order valence-corrected chi connectivity index (χ0v) is 13.6. The smallest absolute Gasteiger partial charge is 0.384 e. The van der Waals surface area contributed by atoms with Gasteiger partial charge in [0.15, 0.2) is 5.82 Å². The number of alkyl halides is 3. The third-order valence-corrected chi connectivity index (χ3v) is 3.70. The molecule has 3 N–H and O–H groups in total. The molecule has 0 fully saturated rings. The van der Waals surface area contributed by atoms with Gasteiger partial charge < -0.3 is 11.1 Å². The summed E-state index contributed by atoms with van der Waals surface area (Å²) in [4.78, 5) is 11.9. The fourth-order valence-electron chi connectivity index (χ4n) is 2.52. The zero-order valence-electron chi connectivity index (χ0n) is 13.6.